The first-order valence-electron chi connectivity index (χ1n) is 9.77. The number of amides is 1. The van der Waals surface area contributed by atoms with Crippen LogP contribution in [0.3, 0.4) is 0 Å². The van der Waals surface area contributed by atoms with E-state index in [1.165, 1.54) is 30.4 Å². The van der Waals surface area contributed by atoms with Gasteiger partial charge in [-0.1, -0.05) is 19.8 Å². The molecule has 1 aliphatic carbocycles. The maximum atomic E-state index is 12.8. The largest absolute Gasteiger partial charge is 0.465 e. The second kappa shape index (κ2) is 7.73. The number of thiazole rings is 1. The van der Waals surface area contributed by atoms with Crippen LogP contribution in [0.1, 0.15) is 65.7 Å². The van der Waals surface area contributed by atoms with Crippen molar-refractivity contribution in [2.75, 3.05) is 18.5 Å². The van der Waals surface area contributed by atoms with E-state index in [4.69, 9.17) is 9.15 Å². The highest BCUT2D eigenvalue weighted by atomic mass is 32.1. The Bertz CT molecular complexity index is 807. The number of anilines is 1. The Morgan fingerprint density at radius 2 is 2.26 bits per heavy atom. The molecule has 4 rings (SSSR count). The molecule has 2 aromatic heterocycles. The van der Waals surface area contributed by atoms with Crippen LogP contribution in [0.25, 0.3) is 0 Å². The lowest BCUT2D eigenvalue weighted by Crippen LogP contribution is -2.34. The molecule has 0 spiro atoms. The molecule has 3 heterocycles. The summed E-state index contributed by atoms with van der Waals surface area (Å²) in [6.45, 7) is 3.13. The normalized spacial score (nSPS) is 21.6. The number of carbonyl (C=O) groups excluding carboxylic acids is 1. The second-order valence-electron chi connectivity index (χ2n) is 7.55. The van der Waals surface area contributed by atoms with E-state index >= 15 is 0 Å². The van der Waals surface area contributed by atoms with E-state index in [2.05, 4.69) is 17.2 Å². The Labute approximate surface area is 162 Å². The summed E-state index contributed by atoms with van der Waals surface area (Å²) in [5.74, 6) is 0.775. The summed E-state index contributed by atoms with van der Waals surface area (Å²) in [5.41, 5.74) is 0.346. The van der Waals surface area contributed by atoms with E-state index in [0.717, 1.165) is 24.5 Å². The van der Waals surface area contributed by atoms with Crippen molar-refractivity contribution in [2.45, 2.75) is 57.5 Å². The molecule has 1 saturated heterocycles. The smallest absolute Gasteiger partial charge is 0.261 e. The average molecular weight is 391 g/mol. The molecule has 1 unspecified atom stereocenters. The van der Waals surface area contributed by atoms with Gasteiger partial charge in [0.25, 0.3) is 5.91 Å². The third-order valence-electron chi connectivity index (χ3n) is 5.61. The molecule has 2 aliphatic rings. The number of nitrogens with one attached hydrogen (secondary N) is 1. The minimum Gasteiger partial charge on any atom is -0.465 e. The van der Waals surface area contributed by atoms with Gasteiger partial charge in [0, 0.05) is 30.9 Å². The predicted molar refractivity (Wildman–Crippen MR) is 103 cm³/mol. The summed E-state index contributed by atoms with van der Waals surface area (Å²) >= 11 is 1.57. The van der Waals surface area contributed by atoms with Crippen molar-refractivity contribution in [3.8, 4) is 0 Å². The minimum absolute atomic E-state index is 0.283. The van der Waals surface area contributed by atoms with Crippen LogP contribution in [-0.2, 0) is 23.2 Å². The second-order valence-corrected chi connectivity index (χ2v) is 8.63. The fourth-order valence-corrected chi connectivity index (χ4v) is 5.22. The third-order valence-corrected chi connectivity index (χ3v) is 6.65. The van der Waals surface area contributed by atoms with Crippen molar-refractivity contribution in [2.24, 2.45) is 5.92 Å². The van der Waals surface area contributed by atoms with Crippen LogP contribution in [0.2, 0.25) is 0 Å². The maximum Gasteiger partial charge on any atom is 0.261 e. The summed E-state index contributed by atoms with van der Waals surface area (Å²) in [7, 11) is 0. The topological polar surface area (TPSA) is 84.6 Å². The molecule has 7 heteroatoms. The van der Waals surface area contributed by atoms with Crippen molar-refractivity contribution in [1.82, 2.24) is 4.98 Å². The van der Waals surface area contributed by atoms with Crippen LogP contribution in [0.15, 0.2) is 16.7 Å². The van der Waals surface area contributed by atoms with Crippen LogP contribution in [0.4, 0.5) is 5.13 Å². The molecule has 0 aromatic carbocycles. The van der Waals surface area contributed by atoms with Crippen LogP contribution in [0.5, 0.6) is 0 Å². The van der Waals surface area contributed by atoms with Crippen molar-refractivity contribution in [3.63, 3.8) is 0 Å². The Balaban J connectivity index is 1.49. The van der Waals surface area contributed by atoms with Gasteiger partial charge in [0.05, 0.1) is 17.5 Å². The fourth-order valence-electron chi connectivity index (χ4n) is 4.10. The lowest BCUT2D eigenvalue weighted by Gasteiger charge is -2.30. The lowest BCUT2D eigenvalue weighted by molar-refractivity contribution is -0.0803. The number of rotatable bonds is 5. The molecule has 6 nitrogen and oxygen atoms in total. The zero-order chi connectivity index (χ0) is 18.9. The molecular formula is C20H26N2O4S. The number of fused-ring (bicyclic) bond motifs is 1. The van der Waals surface area contributed by atoms with Crippen molar-refractivity contribution in [3.05, 3.63) is 34.2 Å². The summed E-state index contributed by atoms with van der Waals surface area (Å²) in [6, 6.07) is 1.61. The van der Waals surface area contributed by atoms with E-state index in [1.807, 2.05) is 0 Å². The van der Waals surface area contributed by atoms with E-state index in [0.29, 0.717) is 42.5 Å². The number of carbonyl (C=O) groups is 1. The quantitative estimate of drug-likeness (QED) is 0.809. The number of hydrogen-bond donors (Lipinski definition) is 2. The van der Waals surface area contributed by atoms with Gasteiger partial charge in [-0.05, 0) is 31.2 Å². The Kier molecular flexibility index (Phi) is 5.34. The number of ether oxygens (including phenoxy) is 1. The van der Waals surface area contributed by atoms with Crippen LogP contribution < -0.4 is 5.32 Å². The Morgan fingerprint density at radius 1 is 1.44 bits per heavy atom. The fraction of sp³-hybridized carbons (Fsp3) is 0.600. The van der Waals surface area contributed by atoms with Gasteiger partial charge in [-0.2, -0.15) is 0 Å². The highest BCUT2D eigenvalue weighted by Gasteiger charge is 2.38. The van der Waals surface area contributed by atoms with E-state index in [-0.39, 0.29) is 5.91 Å². The summed E-state index contributed by atoms with van der Waals surface area (Å²) in [6.07, 6.45) is 7.99. The van der Waals surface area contributed by atoms with Gasteiger partial charge in [-0.25, -0.2) is 4.98 Å². The summed E-state index contributed by atoms with van der Waals surface area (Å²) < 4.78 is 10.8. The van der Waals surface area contributed by atoms with Crippen LogP contribution in [0, 0.1) is 5.92 Å². The first-order chi connectivity index (χ1) is 13.1. The van der Waals surface area contributed by atoms with Gasteiger partial charge >= 0.3 is 0 Å². The molecule has 0 saturated carbocycles. The number of aromatic nitrogens is 1. The molecular weight excluding hydrogens is 364 g/mol. The van der Waals surface area contributed by atoms with Gasteiger partial charge < -0.3 is 14.3 Å². The monoisotopic (exact) mass is 390 g/mol. The molecule has 2 N–H and O–H groups in total. The summed E-state index contributed by atoms with van der Waals surface area (Å²) in [4.78, 5) is 18.7. The van der Waals surface area contributed by atoms with Gasteiger partial charge in [-0.3, -0.25) is 10.1 Å². The van der Waals surface area contributed by atoms with E-state index in [1.54, 1.807) is 17.4 Å². The highest BCUT2D eigenvalue weighted by Crippen LogP contribution is 2.36. The molecule has 1 amide bonds. The SMILES string of the molecule is CCCC1CCc2nc(NC(=O)c3ccoc3C3(O)CCOCC3)sc2C1. The highest BCUT2D eigenvalue weighted by molar-refractivity contribution is 7.15. The van der Waals surface area contributed by atoms with Crippen molar-refractivity contribution in [1.29, 1.82) is 0 Å². The molecule has 146 valence electrons. The molecule has 27 heavy (non-hydrogen) atoms. The third kappa shape index (κ3) is 3.81. The zero-order valence-electron chi connectivity index (χ0n) is 15.6. The van der Waals surface area contributed by atoms with Gasteiger partial charge in [-0.15, -0.1) is 11.3 Å². The van der Waals surface area contributed by atoms with Crippen molar-refractivity contribution >= 4 is 22.4 Å². The maximum absolute atomic E-state index is 12.8. The van der Waals surface area contributed by atoms with E-state index < -0.39 is 5.60 Å². The average Bonchev–Trinajstić information content (AvgIpc) is 3.29. The molecule has 0 radical (unpaired) electrons. The summed E-state index contributed by atoms with van der Waals surface area (Å²) in [5, 5.41) is 14.4. The van der Waals surface area contributed by atoms with Crippen LogP contribution in [-0.4, -0.2) is 29.2 Å². The first kappa shape index (κ1) is 18.7. The number of furan rings is 1. The zero-order valence-corrected chi connectivity index (χ0v) is 16.4. The van der Waals surface area contributed by atoms with Gasteiger partial charge in [0.15, 0.2) is 5.13 Å². The Morgan fingerprint density at radius 3 is 3.04 bits per heavy atom. The van der Waals surface area contributed by atoms with Crippen LogP contribution >= 0.6 is 11.3 Å². The first-order valence-corrected chi connectivity index (χ1v) is 10.6. The molecule has 1 fully saturated rings. The minimum atomic E-state index is -1.15. The molecule has 1 atom stereocenters. The Hall–Kier alpha value is -1.70. The lowest BCUT2D eigenvalue weighted by atomic mass is 9.88. The number of nitrogens with zero attached hydrogens (tertiary/aromatic N) is 1. The molecule has 1 aliphatic heterocycles. The van der Waals surface area contributed by atoms with E-state index in [9.17, 15) is 9.90 Å². The molecule has 2 aromatic rings. The van der Waals surface area contributed by atoms with Gasteiger partial charge in [0.1, 0.15) is 11.4 Å². The predicted octanol–water partition coefficient (Wildman–Crippen LogP) is 3.89. The number of hydrogen-bond acceptors (Lipinski definition) is 6. The number of aliphatic hydroxyl groups is 1. The standard InChI is InChI=1S/C20H26N2O4S/c1-2-3-13-4-5-15-16(12-13)27-19(21-15)22-18(23)14-6-9-26-17(14)20(24)7-10-25-11-8-20/h6,9,13,24H,2-5,7-8,10-12H2,1H3,(H,21,22,23). The van der Waals surface area contributed by atoms with Gasteiger partial charge in [0.2, 0.25) is 0 Å². The van der Waals surface area contributed by atoms with Crippen molar-refractivity contribution < 1.29 is 19.1 Å². The molecule has 0 bridgehead atoms. The number of aryl methyl sites for hydroxylation is 1.